The summed E-state index contributed by atoms with van der Waals surface area (Å²) in [6, 6.07) is 9.74. The number of hydrogen-bond donors (Lipinski definition) is 1. The van der Waals surface area contributed by atoms with Gasteiger partial charge in [0, 0.05) is 34.6 Å². The van der Waals surface area contributed by atoms with Crippen LogP contribution in [0.1, 0.15) is 28.8 Å². The van der Waals surface area contributed by atoms with Gasteiger partial charge in [0.25, 0.3) is 5.91 Å². The number of hydrogen-bond acceptors (Lipinski definition) is 7. The molecule has 2 aliphatic heterocycles. The van der Waals surface area contributed by atoms with Crippen LogP contribution in [-0.4, -0.2) is 55.2 Å². The summed E-state index contributed by atoms with van der Waals surface area (Å²) < 4.78 is 9.87. The smallest absolute Gasteiger partial charge is 0.272 e. The third-order valence-corrected chi connectivity index (χ3v) is 7.43. The second-order valence-electron chi connectivity index (χ2n) is 8.60. The maximum absolute atomic E-state index is 13.2. The number of aromatic nitrogens is 6. The number of para-hydroxylation sites is 1. The normalized spacial score (nSPS) is 13.6. The molecule has 0 saturated heterocycles. The number of carbonyl (C=O) groups is 2. The molecule has 1 N–H and O–H groups in total. The molecule has 3 aromatic rings. The van der Waals surface area contributed by atoms with Gasteiger partial charge in [0.05, 0.1) is 31.3 Å². The monoisotopic (exact) mass is 560 g/mol. The third-order valence-electron chi connectivity index (χ3n) is 6.61. The summed E-state index contributed by atoms with van der Waals surface area (Å²) in [7, 11) is 1.64. The number of halogens is 1. The molecule has 0 bridgehead atoms. The van der Waals surface area contributed by atoms with Crippen LogP contribution in [0.5, 0.6) is 0 Å². The van der Waals surface area contributed by atoms with Gasteiger partial charge in [-0.2, -0.15) is 4.68 Å². The Bertz CT molecular complexity index is 1620. The molecule has 186 valence electrons. The van der Waals surface area contributed by atoms with Crippen molar-refractivity contribution in [1.29, 1.82) is 0 Å². The van der Waals surface area contributed by atoms with Crippen LogP contribution in [0.25, 0.3) is 27.9 Å². The minimum atomic E-state index is -0.333. The topological polar surface area (TPSA) is 124 Å². The van der Waals surface area contributed by atoms with Crippen molar-refractivity contribution in [2.75, 3.05) is 18.5 Å². The number of anilines is 1. The maximum Gasteiger partial charge on any atom is 0.272 e. The molecule has 0 radical (unpaired) electrons. The van der Waals surface area contributed by atoms with Crippen LogP contribution in [0.2, 0.25) is 0 Å². The number of aryl methyl sites for hydroxylation is 1. The zero-order valence-electron chi connectivity index (χ0n) is 20.0. The molecule has 2 aromatic heterocycles. The molecule has 1 aliphatic carbocycles. The van der Waals surface area contributed by atoms with E-state index in [9.17, 15) is 9.59 Å². The van der Waals surface area contributed by atoms with Crippen LogP contribution in [0.3, 0.4) is 0 Å². The molecule has 0 spiro atoms. The Morgan fingerprint density at radius 2 is 1.97 bits per heavy atom. The maximum atomic E-state index is 13.2. The van der Waals surface area contributed by atoms with Gasteiger partial charge < -0.3 is 14.3 Å². The quantitative estimate of drug-likeness (QED) is 0.349. The van der Waals surface area contributed by atoms with E-state index in [4.69, 9.17) is 9.40 Å². The molecule has 11 nitrogen and oxygen atoms in total. The lowest BCUT2D eigenvalue weighted by molar-refractivity contribution is -0.117. The van der Waals surface area contributed by atoms with E-state index < -0.39 is 0 Å². The molecule has 0 saturated carbocycles. The fourth-order valence-electron chi connectivity index (χ4n) is 4.82. The second kappa shape index (κ2) is 8.96. The van der Waals surface area contributed by atoms with E-state index in [0.29, 0.717) is 30.3 Å². The first kappa shape index (κ1) is 23.1. The number of nitrogens with one attached hydrogen (secondary N) is 1. The van der Waals surface area contributed by atoms with Gasteiger partial charge in [-0.25, -0.2) is 4.98 Å². The first-order valence-corrected chi connectivity index (χ1v) is 12.4. The van der Waals surface area contributed by atoms with Crippen molar-refractivity contribution in [3.8, 4) is 27.9 Å². The van der Waals surface area contributed by atoms with Gasteiger partial charge in [0.1, 0.15) is 12.2 Å². The highest BCUT2D eigenvalue weighted by Crippen LogP contribution is 2.48. The zero-order valence-corrected chi connectivity index (χ0v) is 21.6. The molecule has 2 amide bonds. The predicted molar refractivity (Wildman–Crippen MR) is 138 cm³/mol. The lowest BCUT2D eigenvalue weighted by Gasteiger charge is -2.15. The van der Waals surface area contributed by atoms with Crippen molar-refractivity contribution < 1.29 is 14.0 Å². The Morgan fingerprint density at radius 3 is 2.76 bits per heavy atom. The van der Waals surface area contributed by atoms with Crippen LogP contribution in [0, 0.1) is 0 Å². The summed E-state index contributed by atoms with van der Waals surface area (Å²) in [6.45, 7) is 2.24. The standard InChI is InChI=1S/C25H21BrN8O3/c1-3-19-29-24-23(25(36)27-10-20(35)32(24)2)33(19)11-16-14-8-9-37-12-17(14)22(26)21(16)15-6-4-5-7-18(15)34-13-28-30-31-34/h4-9,12-13H,3,10-11H2,1-2H3,(H,27,36). The van der Waals surface area contributed by atoms with Crippen molar-refractivity contribution in [2.24, 2.45) is 0 Å². The summed E-state index contributed by atoms with van der Waals surface area (Å²) >= 11 is 3.82. The van der Waals surface area contributed by atoms with E-state index in [2.05, 4.69) is 36.8 Å². The second-order valence-corrected chi connectivity index (χ2v) is 9.39. The van der Waals surface area contributed by atoms with E-state index >= 15 is 0 Å². The number of carbonyl (C=O) groups excluding carboxylic acids is 2. The average Bonchev–Trinajstić information content (AvgIpc) is 3.63. The van der Waals surface area contributed by atoms with Gasteiger partial charge in [-0.05, 0) is 49.6 Å². The van der Waals surface area contributed by atoms with Crippen molar-refractivity contribution in [2.45, 2.75) is 19.9 Å². The molecule has 37 heavy (non-hydrogen) atoms. The van der Waals surface area contributed by atoms with Crippen molar-refractivity contribution in [1.82, 2.24) is 35.1 Å². The fourth-order valence-corrected chi connectivity index (χ4v) is 5.58. The van der Waals surface area contributed by atoms with E-state index in [1.807, 2.05) is 41.8 Å². The summed E-state index contributed by atoms with van der Waals surface area (Å²) in [6.07, 6.45) is 5.45. The Hall–Kier alpha value is -4.32. The number of tetrazole rings is 1. The number of rotatable bonds is 5. The summed E-state index contributed by atoms with van der Waals surface area (Å²) in [5, 5.41) is 14.4. The SMILES string of the molecule is CCc1nc2c(n1Cc1c3ccocc-3c(Br)c1-c1ccccc1-n1cnnn1)C(=O)NCC(=O)N2C. The largest absolute Gasteiger partial charge is 0.472 e. The number of benzene rings is 1. The Kier molecular flexibility index (Phi) is 5.60. The number of amides is 2. The third kappa shape index (κ3) is 3.63. The van der Waals surface area contributed by atoms with Crippen LogP contribution >= 0.6 is 15.9 Å². The Morgan fingerprint density at radius 1 is 1.14 bits per heavy atom. The van der Waals surface area contributed by atoms with Crippen LogP contribution in [0.4, 0.5) is 5.82 Å². The van der Waals surface area contributed by atoms with Gasteiger partial charge in [0.15, 0.2) is 11.5 Å². The predicted octanol–water partition coefficient (Wildman–Crippen LogP) is 3.30. The molecular weight excluding hydrogens is 540 g/mol. The number of imidazole rings is 1. The highest BCUT2D eigenvalue weighted by Gasteiger charge is 2.33. The van der Waals surface area contributed by atoms with E-state index in [-0.39, 0.29) is 18.4 Å². The molecule has 3 aliphatic rings. The molecule has 0 atom stereocenters. The molecule has 1 aromatic carbocycles. The van der Waals surface area contributed by atoms with Crippen LogP contribution in [0.15, 0.2) is 58.1 Å². The van der Waals surface area contributed by atoms with Crippen molar-refractivity contribution >= 4 is 33.6 Å². The molecule has 4 heterocycles. The van der Waals surface area contributed by atoms with Gasteiger partial charge in [-0.3, -0.25) is 14.5 Å². The highest BCUT2D eigenvalue weighted by atomic mass is 79.9. The van der Waals surface area contributed by atoms with Gasteiger partial charge in [0.2, 0.25) is 5.91 Å². The first-order valence-electron chi connectivity index (χ1n) is 11.6. The number of likely N-dealkylation sites (N-methyl/N-ethyl adjacent to an activating group) is 1. The highest BCUT2D eigenvalue weighted by molar-refractivity contribution is 9.10. The zero-order chi connectivity index (χ0) is 25.7. The summed E-state index contributed by atoms with van der Waals surface area (Å²) in [4.78, 5) is 31.8. The van der Waals surface area contributed by atoms with E-state index in [0.717, 1.165) is 38.0 Å². The van der Waals surface area contributed by atoms with E-state index in [1.54, 1.807) is 30.6 Å². The number of nitrogens with zero attached hydrogens (tertiary/aromatic N) is 7. The molecular formula is C25H21BrN8O3. The van der Waals surface area contributed by atoms with Gasteiger partial charge in [-0.15, -0.1) is 5.10 Å². The van der Waals surface area contributed by atoms with Gasteiger partial charge >= 0.3 is 0 Å². The van der Waals surface area contributed by atoms with Crippen LogP contribution in [-0.2, 0) is 17.8 Å². The van der Waals surface area contributed by atoms with Crippen molar-refractivity contribution in [3.05, 3.63) is 70.7 Å². The first-order chi connectivity index (χ1) is 18.0. The Balaban J connectivity index is 1.60. The summed E-state index contributed by atoms with van der Waals surface area (Å²) in [5.41, 5.74) is 5.78. The molecule has 0 unspecified atom stereocenters. The summed E-state index contributed by atoms with van der Waals surface area (Å²) in [5.74, 6) is 0.504. The lowest BCUT2D eigenvalue weighted by Crippen LogP contribution is -2.34. The average molecular weight is 561 g/mol. The minimum Gasteiger partial charge on any atom is -0.472 e. The molecule has 0 fully saturated rings. The van der Waals surface area contributed by atoms with E-state index in [1.165, 1.54) is 4.90 Å². The van der Waals surface area contributed by atoms with Crippen molar-refractivity contribution in [3.63, 3.8) is 0 Å². The lowest BCUT2D eigenvalue weighted by atomic mass is 10.0. The van der Waals surface area contributed by atoms with Gasteiger partial charge in [-0.1, -0.05) is 25.1 Å². The molecule has 6 rings (SSSR count). The Labute approximate surface area is 219 Å². The molecule has 12 heteroatoms. The number of fused-ring (bicyclic) bond motifs is 2. The minimum absolute atomic E-state index is 0.0793. The van der Waals surface area contributed by atoms with Crippen LogP contribution < -0.4 is 10.2 Å². The fraction of sp³-hybridized carbons (Fsp3) is 0.200.